The fourth-order valence-corrected chi connectivity index (χ4v) is 3.39. The first-order valence-electron chi connectivity index (χ1n) is 9.82. The van der Waals surface area contributed by atoms with Gasteiger partial charge in [-0.15, -0.1) is 0 Å². The van der Waals surface area contributed by atoms with E-state index in [0.29, 0.717) is 6.54 Å². The molecule has 0 saturated carbocycles. The van der Waals surface area contributed by atoms with E-state index in [9.17, 15) is 0 Å². The van der Waals surface area contributed by atoms with Crippen LogP contribution in [0.15, 0.2) is 42.5 Å². The Bertz CT molecular complexity index is 903. The Morgan fingerprint density at radius 2 is 1.75 bits per heavy atom. The van der Waals surface area contributed by atoms with E-state index in [1.54, 1.807) is 14.2 Å². The number of nitrogens with zero attached hydrogens (tertiary/aromatic N) is 3. The molecule has 1 heterocycles. The van der Waals surface area contributed by atoms with Gasteiger partial charge in [-0.3, -0.25) is 0 Å². The zero-order valence-corrected chi connectivity index (χ0v) is 17.2. The average molecular weight is 383 g/mol. The third kappa shape index (κ3) is 4.39. The summed E-state index contributed by atoms with van der Waals surface area (Å²) >= 11 is 0. The molecule has 0 saturated heterocycles. The van der Waals surface area contributed by atoms with Crippen molar-refractivity contribution in [3.05, 3.63) is 48.0 Å². The maximum atomic E-state index is 5.41. The van der Waals surface area contributed by atoms with Gasteiger partial charge in [0.1, 0.15) is 0 Å². The molecule has 6 nitrogen and oxygen atoms in total. The molecule has 3 aromatic rings. The molecule has 0 bridgehead atoms. The number of methoxy groups -OCH3 is 2. The van der Waals surface area contributed by atoms with E-state index in [2.05, 4.69) is 46.8 Å². The van der Waals surface area contributed by atoms with E-state index in [0.717, 1.165) is 60.2 Å². The highest BCUT2D eigenvalue weighted by molar-refractivity contribution is 5.78. The van der Waals surface area contributed by atoms with Crippen molar-refractivity contribution in [2.45, 2.75) is 26.9 Å². The predicted octanol–water partition coefficient (Wildman–Crippen LogP) is 4.01. The second-order valence-electron chi connectivity index (χ2n) is 6.65. The van der Waals surface area contributed by atoms with E-state index < -0.39 is 0 Å². The molecule has 2 aromatic carbocycles. The van der Waals surface area contributed by atoms with Gasteiger partial charge in [0.05, 0.1) is 25.3 Å². The van der Waals surface area contributed by atoms with Crippen LogP contribution in [0.2, 0.25) is 0 Å². The third-order valence-corrected chi connectivity index (χ3v) is 5.09. The van der Waals surface area contributed by atoms with E-state index in [1.807, 2.05) is 24.3 Å². The molecule has 3 rings (SSSR count). The van der Waals surface area contributed by atoms with Crippen LogP contribution >= 0.6 is 0 Å². The van der Waals surface area contributed by atoms with Crippen LogP contribution in [0, 0.1) is 0 Å². The first-order chi connectivity index (χ1) is 13.7. The number of fused-ring (bicyclic) bond motifs is 1. The van der Waals surface area contributed by atoms with Crippen LogP contribution in [-0.2, 0) is 13.1 Å². The first-order valence-corrected chi connectivity index (χ1v) is 9.82. The summed E-state index contributed by atoms with van der Waals surface area (Å²) in [7, 11) is 3.30. The van der Waals surface area contributed by atoms with Gasteiger partial charge in [-0.05, 0) is 42.9 Å². The van der Waals surface area contributed by atoms with Crippen molar-refractivity contribution in [2.75, 3.05) is 39.2 Å². The molecular formula is C22H30N4O2. The van der Waals surface area contributed by atoms with Gasteiger partial charge in [0.25, 0.3) is 0 Å². The van der Waals surface area contributed by atoms with Gasteiger partial charge in [-0.1, -0.05) is 32.0 Å². The summed E-state index contributed by atoms with van der Waals surface area (Å²) in [5, 5.41) is 3.50. The Kier molecular flexibility index (Phi) is 6.76. The second-order valence-corrected chi connectivity index (χ2v) is 6.65. The summed E-state index contributed by atoms with van der Waals surface area (Å²) in [6, 6.07) is 14.3. The predicted molar refractivity (Wildman–Crippen MR) is 114 cm³/mol. The van der Waals surface area contributed by atoms with E-state index >= 15 is 0 Å². The zero-order valence-electron chi connectivity index (χ0n) is 17.2. The number of rotatable bonds is 10. The number of imidazole rings is 1. The van der Waals surface area contributed by atoms with Crippen LogP contribution in [0.25, 0.3) is 11.0 Å². The minimum atomic E-state index is 0.662. The number of hydrogen-bond donors (Lipinski definition) is 1. The number of benzene rings is 2. The maximum Gasteiger partial charge on any atom is 0.204 e. The normalized spacial score (nSPS) is 11.2. The monoisotopic (exact) mass is 382 g/mol. The summed E-state index contributed by atoms with van der Waals surface area (Å²) in [5.41, 5.74) is 3.28. The Morgan fingerprint density at radius 3 is 2.46 bits per heavy atom. The van der Waals surface area contributed by atoms with Gasteiger partial charge in [-0.25, -0.2) is 4.98 Å². The maximum absolute atomic E-state index is 5.41. The SMILES string of the molecule is CCN(CC)CCn1c(NCc2ccc(OC)c(OC)c2)nc2ccccc21. The molecular weight excluding hydrogens is 352 g/mol. The molecule has 0 unspecified atom stereocenters. The molecule has 6 heteroatoms. The standard InChI is InChI=1S/C22H30N4O2/c1-5-25(6-2)13-14-26-19-10-8-7-9-18(19)24-22(26)23-16-17-11-12-20(27-3)21(15-17)28-4/h7-12,15H,5-6,13-14,16H2,1-4H3,(H,23,24). The number of hydrogen-bond acceptors (Lipinski definition) is 5. The van der Waals surface area contributed by atoms with Crippen molar-refractivity contribution in [1.82, 2.24) is 14.5 Å². The summed E-state index contributed by atoms with van der Waals surface area (Å²) in [5.74, 6) is 2.36. The highest BCUT2D eigenvalue weighted by Crippen LogP contribution is 2.28. The summed E-state index contributed by atoms with van der Waals surface area (Å²) < 4.78 is 13.0. The van der Waals surface area contributed by atoms with Gasteiger partial charge in [0.2, 0.25) is 5.95 Å². The van der Waals surface area contributed by atoms with Crippen molar-refractivity contribution in [1.29, 1.82) is 0 Å². The lowest BCUT2D eigenvalue weighted by Gasteiger charge is -2.19. The van der Waals surface area contributed by atoms with Gasteiger partial charge in [-0.2, -0.15) is 0 Å². The molecule has 0 spiro atoms. The van der Waals surface area contributed by atoms with Crippen molar-refractivity contribution in [3.63, 3.8) is 0 Å². The van der Waals surface area contributed by atoms with Crippen LogP contribution in [0.4, 0.5) is 5.95 Å². The van der Waals surface area contributed by atoms with Gasteiger partial charge in [0, 0.05) is 19.6 Å². The first kappa shape index (κ1) is 20.0. The Balaban J connectivity index is 1.81. The molecule has 0 atom stereocenters. The van der Waals surface area contributed by atoms with Crippen molar-refractivity contribution < 1.29 is 9.47 Å². The quantitative estimate of drug-likeness (QED) is 0.574. The summed E-state index contributed by atoms with van der Waals surface area (Å²) in [6.07, 6.45) is 0. The van der Waals surface area contributed by atoms with Gasteiger partial charge in [0.15, 0.2) is 11.5 Å². The zero-order chi connectivity index (χ0) is 19.9. The van der Waals surface area contributed by atoms with E-state index in [4.69, 9.17) is 14.5 Å². The second kappa shape index (κ2) is 9.46. The molecule has 0 aliphatic heterocycles. The molecule has 0 aliphatic rings. The fraction of sp³-hybridized carbons (Fsp3) is 0.409. The number of ether oxygens (including phenoxy) is 2. The molecule has 0 amide bonds. The number of para-hydroxylation sites is 2. The summed E-state index contributed by atoms with van der Waals surface area (Å²) in [4.78, 5) is 7.23. The van der Waals surface area contributed by atoms with Crippen LogP contribution < -0.4 is 14.8 Å². The van der Waals surface area contributed by atoms with Crippen molar-refractivity contribution in [2.24, 2.45) is 0 Å². The molecule has 0 aliphatic carbocycles. The lowest BCUT2D eigenvalue weighted by Crippen LogP contribution is -2.27. The molecule has 1 aromatic heterocycles. The van der Waals surface area contributed by atoms with Crippen LogP contribution in [-0.4, -0.2) is 48.3 Å². The number of nitrogens with one attached hydrogen (secondary N) is 1. The Hall–Kier alpha value is -2.73. The molecule has 0 fully saturated rings. The smallest absolute Gasteiger partial charge is 0.204 e. The average Bonchev–Trinajstić information content (AvgIpc) is 3.10. The Labute approximate surface area is 167 Å². The van der Waals surface area contributed by atoms with Crippen molar-refractivity contribution in [3.8, 4) is 11.5 Å². The minimum absolute atomic E-state index is 0.662. The number of aromatic nitrogens is 2. The minimum Gasteiger partial charge on any atom is -0.493 e. The highest BCUT2D eigenvalue weighted by Gasteiger charge is 2.12. The van der Waals surface area contributed by atoms with Crippen LogP contribution in [0.1, 0.15) is 19.4 Å². The lowest BCUT2D eigenvalue weighted by molar-refractivity contribution is 0.292. The van der Waals surface area contributed by atoms with Gasteiger partial charge >= 0.3 is 0 Å². The van der Waals surface area contributed by atoms with Crippen molar-refractivity contribution >= 4 is 17.0 Å². The van der Waals surface area contributed by atoms with Crippen LogP contribution in [0.3, 0.4) is 0 Å². The largest absolute Gasteiger partial charge is 0.493 e. The van der Waals surface area contributed by atoms with Crippen LogP contribution in [0.5, 0.6) is 11.5 Å². The summed E-state index contributed by atoms with van der Waals surface area (Å²) in [6.45, 7) is 9.07. The molecule has 0 radical (unpaired) electrons. The lowest BCUT2D eigenvalue weighted by atomic mass is 10.2. The van der Waals surface area contributed by atoms with Gasteiger partial charge < -0.3 is 24.3 Å². The fourth-order valence-electron chi connectivity index (χ4n) is 3.39. The van der Waals surface area contributed by atoms with E-state index in [-0.39, 0.29) is 0 Å². The van der Waals surface area contributed by atoms with E-state index in [1.165, 1.54) is 0 Å². The number of likely N-dealkylation sites (N-methyl/N-ethyl adjacent to an activating group) is 1. The molecule has 28 heavy (non-hydrogen) atoms. The molecule has 1 N–H and O–H groups in total. The number of anilines is 1. The topological polar surface area (TPSA) is 51.5 Å². The Morgan fingerprint density at radius 1 is 1.00 bits per heavy atom. The highest BCUT2D eigenvalue weighted by atomic mass is 16.5. The third-order valence-electron chi connectivity index (χ3n) is 5.09. The molecule has 150 valence electrons.